The lowest BCUT2D eigenvalue weighted by Crippen LogP contribution is -2.63. The van der Waals surface area contributed by atoms with Gasteiger partial charge in [-0.1, -0.05) is 24.3 Å². The van der Waals surface area contributed by atoms with Crippen LogP contribution in [0.4, 0.5) is 4.39 Å². The summed E-state index contributed by atoms with van der Waals surface area (Å²) in [5.74, 6) is -2.58. The van der Waals surface area contributed by atoms with E-state index < -0.39 is 36.8 Å². The minimum absolute atomic E-state index is 0.213. The molecule has 4 rings (SSSR count). The van der Waals surface area contributed by atoms with Crippen molar-refractivity contribution >= 4 is 11.3 Å². The van der Waals surface area contributed by atoms with Crippen molar-refractivity contribution in [1.29, 1.82) is 0 Å². The molecular formula is C24H25FO6S. The molecule has 2 aromatic carbocycles. The molecule has 0 saturated carbocycles. The molecular weight excluding hydrogens is 435 g/mol. The minimum Gasteiger partial charge on any atom is -0.394 e. The molecule has 1 aliphatic heterocycles. The van der Waals surface area contributed by atoms with Gasteiger partial charge in [-0.2, -0.15) is 0 Å². The fourth-order valence-electron chi connectivity index (χ4n) is 3.91. The van der Waals surface area contributed by atoms with Gasteiger partial charge in [-0.3, -0.25) is 0 Å². The third kappa shape index (κ3) is 4.23. The van der Waals surface area contributed by atoms with E-state index in [4.69, 9.17) is 4.74 Å². The van der Waals surface area contributed by atoms with Crippen molar-refractivity contribution in [3.8, 4) is 10.4 Å². The summed E-state index contributed by atoms with van der Waals surface area (Å²) in [7, 11) is 0. The molecule has 6 nitrogen and oxygen atoms in total. The smallest absolute Gasteiger partial charge is 0.222 e. The van der Waals surface area contributed by atoms with E-state index in [9.17, 15) is 29.9 Å². The second kappa shape index (κ2) is 8.99. The summed E-state index contributed by atoms with van der Waals surface area (Å²) in [6.07, 6.45) is -5.73. The van der Waals surface area contributed by atoms with Crippen LogP contribution in [-0.4, -0.2) is 56.6 Å². The number of hydrogen-bond acceptors (Lipinski definition) is 7. The number of aliphatic hydroxyl groups excluding tert-OH is 4. The summed E-state index contributed by atoms with van der Waals surface area (Å²) < 4.78 is 18.6. The van der Waals surface area contributed by atoms with Crippen LogP contribution in [-0.2, 0) is 16.9 Å². The molecule has 5 atom stereocenters. The maximum atomic E-state index is 13.2. The van der Waals surface area contributed by atoms with Crippen LogP contribution in [0.5, 0.6) is 0 Å². The van der Waals surface area contributed by atoms with Gasteiger partial charge >= 0.3 is 0 Å². The van der Waals surface area contributed by atoms with Crippen molar-refractivity contribution in [2.24, 2.45) is 0 Å². The van der Waals surface area contributed by atoms with Crippen LogP contribution < -0.4 is 0 Å². The highest BCUT2D eigenvalue weighted by molar-refractivity contribution is 7.15. The Kier molecular flexibility index (Phi) is 6.46. The molecule has 1 aromatic heterocycles. The van der Waals surface area contributed by atoms with E-state index in [1.807, 2.05) is 19.1 Å². The highest BCUT2D eigenvalue weighted by atomic mass is 32.1. The highest BCUT2D eigenvalue weighted by Gasteiger charge is 2.53. The van der Waals surface area contributed by atoms with Gasteiger partial charge < -0.3 is 30.3 Å². The number of thiophene rings is 1. The Bertz CT molecular complexity index is 1080. The predicted octanol–water partition coefficient (Wildman–Crippen LogP) is 2.07. The third-order valence-electron chi connectivity index (χ3n) is 5.88. The molecule has 1 fully saturated rings. The Morgan fingerprint density at radius 1 is 1.00 bits per heavy atom. The van der Waals surface area contributed by atoms with E-state index in [0.717, 1.165) is 26.4 Å². The monoisotopic (exact) mass is 460 g/mol. The molecule has 0 spiro atoms. The Morgan fingerprint density at radius 3 is 2.41 bits per heavy atom. The summed E-state index contributed by atoms with van der Waals surface area (Å²) in [4.78, 5) is 2.05. The van der Waals surface area contributed by atoms with Crippen LogP contribution in [0.15, 0.2) is 54.6 Å². The van der Waals surface area contributed by atoms with Crippen molar-refractivity contribution in [2.45, 2.75) is 43.5 Å². The first kappa shape index (κ1) is 23.0. The second-order valence-electron chi connectivity index (χ2n) is 8.05. The van der Waals surface area contributed by atoms with Crippen LogP contribution in [0.1, 0.15) is 21.6 Å². The molecule has 0 radical (unpaired) electrons. The Balaban J connectivity index is 1.61. The molecule has 1 saturated heterocycles. The number of aliphatic hydroxyl groups is 5. The molecule has 170 valence electrons. The zero-order valence-electron chi connectivity index (χ0n) is 17.4. The molecule has 0 bridgehead atoms. The Labute approximate surface area is 188 Å². The molecule has 0 amide bonds. The summed E-state index contributed by atoms with van der Waals surface area (Å²) in [6.45, 7) is 1.29. The van der Waals surface area contributed by atoms with Crippen LogP contribution in [0.2, 0.25) is 0 Å². The van der Waals surface area contributed by atoms with Gasteiger partial charge in [-0.05, 0) is 53.9 Å². The van der Waals surface area contributed by atoms with Gasteiger partial charge in [0.2, 0.25) is 5.79 Å². The van der Waals surface area contributed by atoms with Crippen molar-refractivity contribution < 1.29 is 34.7 Å². The van der Waals surface area contributed by atoms with Gasteiger partial charge in [0.05, 0.1) is 6.61 Å². The first-order valence-corrected chi connectivity index (χ1v) is 11.0. The van der Waals surface area contributed by atoms with Gasteiger partial charge in [-0.15, -0.1) is 11.3 Å². The van der Waals surface area contributed by atoms with Crippen LogP contribution in [0.25, 0.3) is 10.4 Å². The standard InChI is InChI=1S/C24H25FO6S/c1-13-2-5-16(24(30)23(29)22(28)21(27)19(12-26)31-24)10-15(13)11-18-8-9-20(32-18)14-3-6-17(25)7-4-14/h2-10,19,21-23,26-30H,11-12H2,1H3/t19?,21-,22+,23-,24?/m1/s1. The SMILES string of the molecule is Cc1ccc(C2(O)OC(CO)[C@@H](O)[C@H](O)[C@H]2O)cc1Cc1ccc(-c2ccc(F)cc2)s1. The van der Waals surface area contributed by atoms with Crippen LogP contribution >= 0.6 is 11.3 Å². The van der Waals surface area contributed by atoms with Crippen LogP contribution in [0.3, 0.4) is 0 Å². The molecule has 2 heterocycles. The van der Waals surface area contributed by atoms with E-state index in [1.165, 1.54) is 12.1 Å². The van der Waals surface area contributed by atoms with Crippen molar-refractivity contribution in [2.75, 3.05) is 6.61 Å². The highest BCUT2D eigenvalue weighted by Crippen LogP contribution is 2.38. The number of aryl methyl sites for hydroxylation is 1. The van der Waals surface area contributed by atoms with Gasteiger partial charge in [0.1, 0.15) is 30.2 Å². The molecule has 2 unspecified atom stereocenters. The van der Waals surface area contributed by atoms with Gasteiger partial charge in [0.25, 0.3) is 0 Å². The van der Waals surface area contributed by atoms with E-state index in [-0.39, 0.29) is 11.4 Å². The number of rotatable bonds is 5. The number of hydrogen-bond donors (Lipinski definition) is 5. The number of ether oxygens (including phenoxy) is 1. The number of halogens is 1. The van der Waals surface area contributed by atoms with Crippen molar-refractivity contribution in [3.05, 3.63) is 82.0 Å². The van der Waals surface area contributed by atoms with E-state index in [1.54, 1.807) is 41.7 Å². The summed E-state index contributed by atoms with van der Waals surface area (Å²) in [6, 6.07) is 15.3. The van der Waals surface area contributed by atoms with Crippen molar-refractivity contribution in [3.63, 3.8) is 0 Å². The minimum atomic E-state index is -2.29. The fraction of sp³-hybridized carbons (Fsp3) is 0.333. The lowest BCUT2D eigenvalue weighted by atomic mass is 9.86. The maximum absolute atomic E-state index is 13.2. The average Bonchev–Trinajstić information content (AvgIpc) is 3.25. The summed E-state index contributed by atoms with van der Waals surface area (Å²) >= 11 is 1.57. The third-order valence-corrected chi connectivity index (χ3v) is 7.02. The number of benzene rings is 2. The topological polar surface area (TPSA) is 110 Å². The Morgan fingerprint density at radius 2 is 1.72 bits per heavy atom. The molecule has 1 aliphatic rings. The fourth-order valence-corrected chi connectivity index (χ4v) is 4.94. The van der Waals surface area contributed by atoms with E-state index in [2.05, 4.69) is 0 Å². The predicted molar refractivity (Wildman–Crippen MR) is 118 cm³/mol. The average molecular weight is 461 g/mol. The quantitative estimate of drug-likeness (QED) is 0.399. The lowest BCUT2D eigenvalue weighted by molar-refractivity contribution is -0.357. The normalized spacial score (nSPS) is 28.1. The van der Waals surface area contributed by atoms with E-state index in [0.29, 0.717) is 6.42 Å². The van der Waals surface area contributed by atoms with E-state index >= 15 is 0 Å². The molecule has 8 heteroatoms. The zero-order valence-corrected chi connectivity index (χ0v) is 18.2. The zero-order chi connectivity index (χ0) is 23.0. The summed E-state index contributed by atoms with van der Waals surface area (Å²) in [5.41, 5.74) is 2.97. The van der Waals surface area contributed by atoms with Crippen molar-refractivity contribution in [1.82, 2.24) is 0 Å². The first-order chi connectivity index (χ1) is 15.2. The second-order valence-corrected chi connectivity index (χ2v) is 9.22. The maximum Gasteiger partial charge on any atom is 0.222 e. The molecule has 3 aromatic rings. The summed E-state index contributed by atoms with van der Waals surface area (Å²) in [5, 5.41) is 51.1. The van der Waals surface area contributed by atoms with Crippen LogP contribution in [0, 0.1) is 12.7 Å². The molecule has 5 N–H and O–H groups in total. The first-order valence-electron chi connectivity index (χ1n) is 10.2. The van der Waals surface area contributed by atoms with Gasteiger partial charge in [0, 0.05) is 21.7 Å². The molecule has 0 aliphatic carbocycles. The van der Waals surface area contributed by atoms with Gasteiger partial charge in [0.15, 0.2) is 0 Å². The van der Waals surface area contributed by atoms with Gasteiger partial charge in [-0.25, -0.2) is 4.39 Å². The Hall–Kier alpha value is -2.17. The molecule has 32 heavy (non-hydrogen) atoms. The lowest BCUT2D eigenvalue weighted by Gasteiger charge is -2.45. The largest absolute Gasteiger partial charge is 0.394 e.